The molecule has 1 aliphatic carbocycles. The predicted octanol–water partition coefficient (Wildman–Crippen LogP) is 15.6. The first-order valence-electron chi connectivity index (χ1n) is 20.3. The Labute approximate surface area is 346 Å². The quantitative estimate of drug-likeness (QED) is 0.163. The summed E-state index contributed by atoms with van der Waals surface area (Å²) < 4.78 is 2.67. The van der Waals surface area contributed by atoms with Gasteiger partial charge in [-0.15, -0.1) is 11.3 Å². The lowest BCUT2D eigenvalue weighted by Crippen LogP contribution is -1.99. The van der Waals surface area contributed by atoms with E-state index in [2.05, 4.69) is 194 Å². The van der Waals surface area contributed by atoms with Gasteiger partial charge in [0.15, 0.2) is 0 Å². The summed E-state index contributed by atoms with van der Waals surface area (Å²) >= 11 is 1.92. The molecule has 0 saturated heterocycles. The third kappa shape index (κ3) is 5.61. The van der Waals surface area contributed by atoms with Crippen LogP contribution in [0, 0.1) is 0 Å². The largest absolute Gasteiger partial charge is 0.252 e. The monoisotopic (exact) mass is 768 g/mol. The molecule has 1 atom stereocenters. The Morgan fingerprint density at radius 3 is 1.85 bits per heavy atom. The van der Waals surface area contributed by atoms with Gasteiger partial charge in [-0.3, -0.25) is 4.98 Å². The number of hydrogen-bond acceptors (Lipinski definition) is 3. The minimum Gasteiger partial charge on any atom is -0.252 e. The number of thiophene rings is 1. The molecule has 0 saturated carbocycles. The van der Waals surface area contributed by atoms with Crippen molar-refractivity contribution in [2.75, 3.05) is 0 Å². The van der Waals surface area contributed by atoms with Crippen molar-refractivity contribution in [2.45, 2.75) is 12.3 Å². The van der Waals surface area contributed by atoms with Gasteiger partial charge in [-0.25, -0.2) is 4.98 Å². The van der Waals surface area contributed by atoms with Gasteiger partial charge >= 0.3 is 0 Å². The molecule has 2 heterocycles. The maximum absolute atomic E-state index is 5.26. The van der Waals surface area contributed by atoms with Crippen molar-refractivity contribution in [2.24, 2.45) is 0 Å². The van der Waals surface area contributed by atoms with E-state index in [4.69, 9.17) is 9.97 Å². The first-order chi connectivity index (χ1) is 29.2. The summed E-state index contributed by atoms with van der Waals surface area (Å²) in [6.45, 7) is 0. The van der Waals surface area contributed by atoms with Crippen LogP contribution in [0.25, 0.3) is 103 Å². The third-order valence-corrected chi connectivity index (χ3v) is 13.5. The van der Waals surface area contributed by atoms with E-state index in [1.54, 1.807) is 0 Å². The molecule has 0 radical (unpaired) electrons. The van der Waals surface area contributed by atoms with Gasteiger partial charge in [-0.05, 0) is 73.5 Å². The van der Waals surface area contributed by atoms with Gasteiger partial charge < -0.3 is 0 Å². The topological polar surface area (TPSA) is 25.8 Å². The zero-order valence-electron chi connectivity index (χ0n) is 32.1. The van der Waals surface area contributed by atoms with E-state index >= 15 is 0 Å². The van der Waals surface area contributed by atoms with E-state index in [9.17, 15) is 0 Å². The molecule has 11 aromatic rings. The third-order valence-electron chi connectivity index (χ3n) is 12.2. The molecule has 0 spiro atoms. The molecule has 0 fully saturated rings. The molecule has 276 valence electrons. The van der Waals surface area contributed by atoms with Gasteiger partial charge in [0.25, 0.3) is 0 Å². The molecule has 0 aliphatic heterocycles. The number of nitrogens with zero attached hydrogens (tertiary/aromatic N) is 2. The molecular formula is C56H36N2S. The van der Waals surface area contributed by atoms with E-state index < -0.39 is 0 Å². The van der Waals surface area contributed by atoms with Crippen LogP contribution in [-0.4, -0.2) is 9.97 Å². The smallest absolute Gasteiger partial charge is 0.0979 e. The highest BCUT2D eigenvalue weighted by Crippen LogP contribution is 2.45. The second-order valence-corrected chi connectivity index (χ2v) is 16.6. The summed E-state index contributed by atoms with van der Waals surface area (Å²) in [4.78, 5) is 10.3. The van der Waals surface area contributed by atoms with Crippen molar-refractivity contribution in [1.29, 1.82) is 0 Å². The Morgan fingerprint density at radius 1 is 0.458 bits per heavy atom. The number of rotatable bonds is 5. The lowest BCUT2D eigenvalue weighted by Gasteiger charge is -2.18. The Balaban J connectivity index is 0.853. The summed E-state index contributed by atoms with van der Waals surface area (Å²) in [6, 6.07) is 63.9. The highest BCUT2D eigenvalue weighted by Gasteiger charge is 2.18. The van der Waals surface area contributed by atoms with E-state index in [-0.39, 0.29) is 5.92 Å². The molecule has 59 heavy (non-hydrogen) atoms. The second-order valence-electron chi connectivity index (χ2n) is 15.6. The van der Waals surface area contributed by atoms with Crippen LogP contribution < -0.4 is 0 Å². The Morgan fingerprint density at radius 2 is 1.05 bits per heavy atom. The summed E-state index contributed by atoms with van der Waals surface area (Å²) in [5.74, 6) is 0.281. The van der Waals surface area contributed by atoms with Gasteiger partial charge in [0.2, 0.25) is 0 Å². The average Bonchev–Trinajstić information content (AvgIpc) is 3.71. The first-order valence-corrected chi connectivity index (χ1v) is 21.1. The van der Waals surface area contributed by atoms with Crippen molar-refractivity contribution in [3.8, 4) is 33.5 Å². The molecule has 2 aromatic heterocycles. The zero-order valence-corrected chi connectivity index (χ0v) is 33.0. The highest BCUT2D eigenvalue weighted by molar-refractivity contribution is 7.26. The number of aromatic nitrogens is 2. The van der Waals surface area contributed by atoms with Gasteiger partial charge in [0, 0.05) is 48.0 Å². The number of allylic oxidation sites excluding steroid dienone is 4. The van der Waals surface area contributed by atoms with Crippen LogP contribution in [0.2, 0.25) is 0 Å². The van der Waals surface area contributed by atoms with Crippen molar-refractivity contribution >= 4 is 80.4 Å². The maximum atomic E-state index is 5.26. The molecule has 0 N–H and O–H groups in total. The lowest BCUT2D eigenvalue weighted by atomic mass is 9.87. The first kappa shape index (κ1) is 33.9. The summed E-state index contributed by atoms with van der Waals surface area (Å²) in [6.07, 6.45) is 9.95. The van der Waals surface area contributed by atoms with Gasteiger partial charge in [0.05, 0.1) is 22.9 Å². The highest BCUT2D eigenvalue weighted by atomic mass is 32.1. The minimum absolute atomic E-state index is 0.281. The van der Waals surface area contributed by atoms with Crippen LogP contribution in [-0.2, 0) is 0 Å². The standard InChI is InChI=1S/C56H36N2S/c1-2-18-42-37(12-1)13-9-24-44(42)49-25-11-27-51-50-26-10-23-43(55(50)59-56(49)51)40-16-7-14-38(32-40)35-28-30-36(31-29-35)39-15-8-17-41(33-39)52-34-57-53-47-21-5-3-19-45(47)46-20-4-6-22-48(46)54(53)58-52/h1-30,32-34,36H,31H2. The molecule has 2 nitrogen and oxygen atoms in total. The molecule has 1 aliphatic rings. The van der Waals surface area contributed by atoms with Crippen LogP contribution >= 0.6 is 11.3 Å². The molecular weight excluding hydrogens is 733 g/mol. The number of hydrogen-bond donors (Lipinski definition) is 0. The summed E-state index contributed by atoms with van der Waals surface area (Å²) in [5.41, 5.74) is 12.8. The molecule has 12 rings (SSSR count). The predicted molar refractivity (Wildman–Crippen MR) is 252 cm³/mol. The molecule has 9 aromatic carbocycles. The molecule has 0 amide bonds. The van der Waals surface area contributed by atoms with E-state index in [1.807, 2.05) is 17.5 Å². The molecule has 0 bridgehead atoms. The van der Waals surface area contributed by atoms with Crippen LogP contribution in [0.5, 0.6) is 0 Å². The van der Waals surface area contributed by atoms with Crippen molar-refractivity contribution < 1.29 is 0 Å². The second kappa shape index (κ2) is 13.7. The molecule has 3 heteroatoms. The average molecular weight is 769 g/mol. The van der Waals surface area contributed by atoms with Crippen molar-refractivity contribution in [3.05, 3.63) is 211 Å². The van der Waals surface area contributed by atoms with Crippen molar-refractivity contribution in [1.82, 2.24) is 9.97 Å². The van der Waals surface area contributed by atoms with Gasteiger partial charge in [-0.2, -0.15) is 0 Å². The fourth-order valence-corrected chi connectivity index (χ4v) is 10.7. The maximum Gasteiger partial charge on any atom is 0.0979 e. The van der Waals surface area contributed by atoms with Crippen LogP contribution in [0.1, 0.15) is 23.5 Å². The fourth-order valence-electron chi connectivity index (χ4n) is 9.36. The van der Waals surface area contributed by atoms with Crippen LogP contribution in [0.15, 0.2) is 200 Å². The van der Waals surface area contributed by atoms with Crippen molar-refractivity contribution in [3.63, 3.8) is 0 Å². The van der Waals surface area contributed by atoms with Crippen LogP contribution in [0.4, 0.5) is 0 Å². The fraction of sp³-hybridized carbons (Fsp3) is 0.0357. The minimum atomic E-state index is 0.281. The van der Waals surface area contributed by atoms with Gasteiger partial charge in [0.1, 0.15) is 0 Å². The summed E-state index contributed by atoms with van der Waals surface area (Å²) in [5, 5.41) is 9.88. The SMILES string of the molecule is C1=CC(c2cccc(-c3cnc4c5ccccc5c5ccccc5c4n3)c2)CC=C1c1cccc(-c2cccc3c2sc2c(-c4cccc5ccccc45)cccc23)c1. The Bertz CT molecular complexity index is 3510. The normalized spacial score (nSPS) is 14.2. The Hall–Kier alpha value is -7.20. The Kier molecular flexibility index (Phi) is 7.89. The number of benzene rings is 9. The van der Waals surface area contributed by atoms with Crippen LogP contribution in [0.3, 0.4) is 0 Å². The zero-order chi connectivity index (χ0) is 38.9. The van der Waals surface area contributed by atoms with Gasteiger partial charge in [-0.1, -0.05) is 182 Å². The van der Waals surface area contributed by atoms with E-state index in [0.29, 0.717) is 0 Å². The summed E-state index contributed by atoms with van der Waals surface area (Å²) in [7, 11) is 0. The van der Waals surface area contributed by atoms with E-state index in [1.165, 1.54) is 80.7 Å². The number of fused-ring (bicyclic) bond motifs is 10. The molecule has 1 unspecified atom stereocenters. The lowest BCUT2D eigenvalue weighted by molar-refractivity contribution is 0.857. The van der Waals surface area contributed by atoms with E-state index in [0.717, 1.165) is 39.5 Å².